The summed E-state index contributed by atoms with van der Waals surface area (Å²) in [6.45, 7) is 0.634. The minimum absolute atomic E-state index is 0.159. The minimum Gasteiger partial charge on any atom is -0.450 e. The largest absolute Gasteiger partial charge is 0.450 e. The number of halogens is 1. The zero-order valence-electron chi connectivity index (χ0n) is 14.5. The minimum atomic E-state index is -0.468. The molecular formula is C19H18FN3O3S. The zero-order valence-corrected chi connectivity index (χ0v) is 15.4. The molecule has 0 aliphatic carbocycles. The molecule has 27 heavy (non-hydrogen) atoms. The van der Waals surface area contributed by atoms with Crippen molar-refractivity contribution in [3.63, 3.8) is 0 Å². The van der Waals surface area contributed by atoms with Crippen molar-refractivity contribution in [3.8, 4) is 0 Å². The van der Waals surface area contributed by atoms with Crippen LogP contribution < -0.4 is 16.2 Å². The van der Waals surface area contributed by atoms with Crippen LogP contribution in [0, 0.1) is 5.82 Å². The van der Waals surface area contributed by atoms with Gasteiger partial charge in [-0.2, -0.15) is 0 Å². The highest BCUT2D eigenvalue weighted by molar-refractivity contribution is 7.80. The van der Waals surface area contributed by atoms with Gasteiger partial charge in [0.15, 0.2) is 10.9 Å². The Kier molecular flexibility index (Phi) is 6.00. The second kappa shape index (κ2) is 8.61. The molecule has 6 nitrogen and oxygen atoms in total. The van der Waals surface area contributed by atoms with E-state index in [0.29, 0.717) is 17.7 Å². The van der Waals surface area contributed by atoms with Crippen LogP contribution in [0.2, 0.25) is 0 Å². The third-order valence-corrected chi connectivity index (χ3v) is 4.10. The molecule has 1 aromatic heterocycles. The maximum absolute atomic E-state index is 12.9. The second-order valence-electron chi connectivity index (χ2n) is 5.73. The monoisotopic (exact) mass is 387 g/mol. The molecule has 0 radical (unpaired) electrons. The fourth-order valence-electron chi connectivity index (χ4n) is 2.57. The first-order valence-electron chi connectivity index (χ1n) is 8.16. The van der Waals surface area contributed by atoms with E-state index in [4.69, 9.17) is 21.4 Å². The summed E-state index contributed by atoms with van der Waals surface area (Å²) in [6, 6.07) is 13.4. The molecule has 140 valence electrons. The molecule has 1 amide bonds. The molecule has 2 aromatic carbocycles. The number of ether oxygens (including phenoxy) is 1. The Morgan fingerprint density at radius 2 is 1.89 bits per heavy atom. The number of nitrogens with one attached hydrogen (secondary N) is 3. The Bertz CT molecular complexity index is 956. The first kappa shape index (κ1) is 18.8. The van der Waals surface area contributed by atoms with E-state index in [9.17, 15) is 9.18 Å². The van der Waals surface area contributed by atoms with Gasteiger partial charge in [-0.1, -0.05) is 30.3 Å². The molecule has 0 unspecified atom stereocenters. The van der Waals surface area contributed by atoms with Crippen LogP contribution in [0.1, 0.15) is 21.7 Å². The van der Waals surface area contributed by atoms with Crippen molar-refractivity contribution in [1.29, 1.82) is 0 Å². The number of fused-ring (bicyclic) bond motifs is 1. The van der Waals surface area contributed by atoms with Crippen molar-refractivity contribution in [2.45, 2.75) is 13.2 Å². The summed E-state index contributed by atoms with van der Waals surface area (Å²) < 4.78 is 23.7. The molecule has 0 fully saturated rings. The Balaban J connectivity index is 1.60. The smallest absolute Gasteiger partial charge is 0.305 e. The van der Waals surface area contributed by atoms with Gasteiger partial charge in [0.2, 0.25) is 0 Å². The molecule has 0 aliphatic heterocycles. The standard InChI is InChI=1S/C19H18FN3O3S/c1-25-11-15-14-4-2-3-5-16(14)26-17(15)18(24)22-23-19(27)21-10-12-6-8-13(20)9-7-12/h2-9H,10-11H2,1H3,(H,22,24)(H2,21,23,27). The van der Waals surface area contributed by atoms with Crippen LogP contribution >= 0.6 is 12.2 Å². The van der Waals surface area contributed by atoms with Crippen LogP contribution in [0.25, 0.3) is 11.0 Å². The molecule has 3 rings (SSSR count). The van der Waals surface area contributed by atoms with Crippen LogP contribution in [-0.2, 0) is 17.9 Å². The summed E-state index contributed by atoms with van der Waals surface area (Å²) in [7, 11) is 1.55. The summed E-state index contributed by atoms with van der Waals surface area (Å²) in [5.41, 5.74) is 7.25. The maximum Gasteiger partial charge on any atom is 0.305 e. The number of hydrogen-bond donors (Lipinski definition) is 3. The molecule has 3 N–H and O–H groups in total. The first-order chi connectivity index (χ1) is 13.1. The number of methoxy groups -OCH3 is 1. The van der Waals surface area contributed by atoms with Crippen molar-refractivity contribution in [2.24, 2.45) is 0 Å². The van der Waals surface area contributed by atoms with Crippen LogP contribution in [-0.4, -0.2) is 18.1 Å². The van der Waals surface area contributed by atoms with Crippen LogP contribution in [0.4, 0.5) is 4.39 Å². The number of rotatable bonds is 5. The number of carbonyl (C=O) groups excluding carboxylic acids is 1. The van der Waals surface area contributed by atoms with E-state index in [1.807, 2.05) is 18.2 Å². The number of carbonyl (C=O) groups is 1. The number of amides is 1. The third kappa shape index (κ3) is 4.60. The van der Waals surface area contributed by atoms with Gasteiger partial charge in [0.05, 0.1) is 6.61 Å². The van der Waals surface area contributed by atoms with Crippen LogP contribution in [0.15, 0.2) is 52.9 Å². The lowest BCUT2D eigenvalue weighted by atomic mass is 10.1. The Labute approximate surface area is 160 Å². The number of para-hydroxylation sites is 1. The van der Waals surface area contributed by atoms with Crippen molar-refractivity contribution in [1.82, 2.24) is 16.2 Å². The average Bonchev–Trinajstić information content (AvgIpc) is 3.05. The van der Waals surface area contributed by atoms with Gasteiger partial charge in [0, 0.05) is 24.6 Å². The first-order valence-corrected chi connectivity index (χ1v) is 8.57. The van der Waals surface area contributed by atoms with Gasteiger partial charge in [-0.05, 0) is 36.0 Å². The van der Waals surface area contributed by atoms with Crippen LogP contribution in [0.5, 0.6) is 0 Å². The van der Waals surface area contributed by atoms with Gasteiger partial charge in [0.25, 0.3) is 0 Å². The van der Waals surface area contributed by atoms with E-state index in [2.05, 4.69) is 16.2 Å². The maximum atomic E-state index is 12.9. The number of hydrogen-bond acceptors (Lipinski definition) is 4. The Hall–Kier alpha value is -2.97. The predicted octanol–water partition coefficient (Wildman–Crippen LogP) is 3.03. The molecule has 0 saturated carbocycles. The summed E-state index contributed by atoms with van der Waals surface area (Å²) in [5.74, 6) is -0.611. The summed E-state index contributed by atoms with van der Waals surface area (Å²) in [4.78, 5) is 12.5. The molecule has 0 saturated heterocycles. The Morgan fingerprint density at radius 1 is 1.15 bits per heavy atom. The number of thiocarbonyl (C=S) groups is 1. The van der Waals surface area contributed by atoms with E-state index in [0.717, 1.165) is 10.9 Å². The Morgan fingerprint density at radius 3 is 2.63 bits per heavy atom. The van der Waals surface area contributed by atoms with E-state index in [1.165, 1.54) is 12.1 Å². The van der Waals surface area contributed by atoms with Crippen molar-refractivity contribution < 1.29 is 18.3 Å². The lowest BCUT2D eigenvalue weighted by molar-refractivity contribution is 0.0911. The predicted molar refractivity (Wildman–Crippen MR) is 103 cm³/mol. The number of furan rings is 1. The van der Waals surface area contributed by atoms with Crippen molar-refractivity contribution in [2.75, 3.05) is 7.11 Å². The lowest BCUT2D eigenvalue weighted by Crippen LogP contribution is -2.46. The molecule has 0 atom stereocenters. The fourth-order valence-corrected chi connectivity index (χ4v) is 2.69. The van der Waals surface area contributed by atoms with E-state index < -0.39 is 5.91 Å². The highest BCUT2D eigenvalue weighted by Gasteiger charge is 2.20. The van der Waals surface area contributed by atoms with E-state index in [-0.39, 0.29) is 23.3 Å². The van der Waals surface area contributed by atoms with E-state index >= 15 is 0 Å². The summed E-state index contributed by atoms with van der Waals surface area (Å²) >= 11 is 5.13. The van der Waals surface area contributed by atoms with Crippen molar-refractivity contribution in [3.05, 3.63) is 71.2 Å². The molecule has 0 bridgehead atoms. The molecular weight excluding hydrogens is 369 g/mol. The van der Waals surface area contributed by atoms with Crippen LogP contribution in [0.3, 0.4) is 0 Å². The lowest BCUT2D eigenvalue weighted by Gasteiger charge is -2.11. The molecule has 1 heterocycles. The van der Waals surface area contributed by atoms with E-state index in [1.54, 1.807) is 25.3 Å². The van der Waals surface area contributed by atoms with Gasteiger partial charge in [0.1, 0.15) is 11.4 Å². The fraction of sp³-hybridized carbons (Fsp3) is 0.158. The topological polar surface area (TPSA) is 75.5 Å². The van der Waals surface area contributed by atoms with Crippen molar-refractivity contribution >= 4 is 34.2 Å². The second-order valence-corrected chi connectivity index (χ2v) is 6.14. The quantitative estimate of drug-likeness (QED) is 0.462. The molecule has 0 aliphatic rings. The highest BCUT2D eigenvalue weighted by Crippen LogP contribution is 2.26. The number of benzene rings is 2. The SMILES string of the molecule is COCc1c(C(=O)NNC(=S)NCc2ccc(F)cc2)oc2ccccc12. The van der Waals surface area contributed by atoms with Gasteiger partial charge in [-0.15, -0.1) is 0 Å². The average molecular weight is 387 g/mol. The zero-order chi connectivity index (χ0) is 19.2. The highest BCUT2D eigenvalue weighted by atomic mass is 32.1. The molecule has 0 spiro atoms. The summed E-state index contributed by atoms with van der Waals surface area (Å²) in [6.07, 6.45) is 0. The van der Waals surface area contributed by atoms with Gasteiger partial charge in [-0.25, -0.2) is 4.39 Å². The van der Waals surface area contributed by atoms with Gasteiger partial charge < -0.3 is 14.5 Å². The molecule has 8 heteroatoms. The summed E-state index contributed by atoms with van der Waals surface area (Å²) in [5, 5.41) is 3.96. The van der Waals surface area contributed by atoms with Gasteiger partial charge in [-0.3, -0.25) is 15.6 Å². The van der Waals surface area contributed by atoms with Gasteiger partial charge >= 0.3 is 5.91 Å². The third-order valence-electron chi connectivity index (χ3n) is 3.85. The number of hydrazine groups is 1. The molecule has 3 aromatic rings. The normalized spacial score (nSPS) is 10.6.